The van der Waals surface area contributed by atoms with Crippen molar-refractivity contribution in [3.05, 3.63) is 29.8 Å². The molecule has 0 bridgehead atoms. The van der Waals surface area contributed by atoms with Crippen LogP contribution in [0.25, 0.3) is 0 Å². The van der Waals surface area contributed by atoms with Gasteiger partial charge in [-0.1, -0.05) is 26.0 Å². The van der Waals surface area contributed by atoms with Gasteiger partial charge in [0.25, 0.3) is 0 Å². The topological polar surface area (TPSA) is 92.4 Å². The van der Waals surface area contributed by atoms with Crippen molar-refractivity contribution in [1.82, 2.24) is 5.32 Å². The number of aromatic hydroxyl groups is 1. The Balaban J connectivity index is 2.61. The van der Waals surface area contributed by atoms with Crippen LogP contribution in [0, 0.1) is 5.92 Å². The van der Waals surface area contributed by atoms with Gasteiger partial charge in [0.15, 0.2) is 0 Å². The van der Waals surface area contributed by atoms with E-state index in [1.807, 2.05) is 13.8 Å². The van der Waals surface area contributed by atoms with E-state index in [4.69, 9.17) is 5.73 Å². The Morgan fingerprint density at radius 2 is 1.95 bits per heavy atom. The minimum Gasteiger partial charge on any atom is -0.508 e. The molecule has 0 aliphatic carbocycles. The van der Waals surface area contributed by atoms with Crippen LogP contribution in [-0.2, 0) is 16.0 Å². The van der Waals surface area contributed by atoms with Gasteiger partial charge in [-0.05, 0) is 30.0 Å². The van der Waals surface area contributed by atoms with Gasteiger partial charge in [-0.15, -0.1) is 0 Å². The van der Waals surface area contributed by atoms with Gasteiger partial charge in [-0.2, -0.15) is 0 Å². The zero-order valence-corrected chi connectivity index (χ0v) is 11.2. The molecule has 1 aromatic carbocycles. The van der Waals surface area contributed by atoms with Crippen molar-refractivity contribution in [2.45, 2.75) is 32.4 Å². The molecule has 0 aliphatic rings. The molecule has 0 saturated heterocycles. The fourth-order valence-corrected chi connectivity index (χ4v) is 1.60. The second-order valence-electron chi connectivity index (χ2n) is 4.89. The normalized spacial score (nSPS) is 13.9. The van der Waals surface area contributed by atoms with E-state index in [1.54, 1.807) is 24.3 Å². The quantitative estimate of drug-likeness (QED) is 0.656. The number of carbonyl (C=O) groups is 2. The second kappa shape index (κ2) is 6.89. The number of rotatable bonds is 6. The Bertz CT molecular complexity index is 429. The summed E-state index contributed by atoms with van der Waals surface area (Å²) in [6, 6.07) is 5.27. The number of nitrogens with one attached hydrogen (secondary N) is 1. The molecule has 0 radical (unpaired) electrons. The third kappa shape index (κ3) is 4.71. The van der Waals surface area contributed by atoms with E-state index in [1.165, 1.54) is 0 Å². The van der Waals surface area contributed by atoms with Gasteiger partial charge in [0.05, 0.1) is 12.1 Å². The lowest BCUT2D eigenvalue weighted by Crippen LogP contribution is -2.49. The van der Waals surface area contributed by atoms with Crippen LogP contribution in [0.2, 0.25) is 0 Å². The Kier molecular flexibility index (Phi) is 5.51. The van der Waals surface area contributed by atoms with Crippen LogP contribution in [0.5, 0.6) is 5.75 Å². The molecule has 19 heavy (non-hydrogen) atoms. The molecule has 5 nitrogen and oxygen atoms in total. The molecule has 5 heteroatoms. The summed E-state index contributed by atoms with van der Waals surface area (Å²) in [6.07, 6.45) is 1.07. The maximum atomic E-state index is 11.8. The van der Waals surface area contributed by atoms with Crippen molar-refractivity contribution < 1.29 is 14.7 Å². The van der Waals surface area contributed by atoms with Gasteiger partial charge < -0.3 is 21.0 Å². The Labute approximate surface area is 112 Å². The lowest BCUT2D eigenvalue weighted by molar-refractivity contribution is -0.125. The van der Waals surface area contributed by atoms with E-state index in [9.17, 15) is 14.7 Å². The summed E-state index contributed by atoms with van der Waals surface area (Å²) in [7, 11) is 0. The molecule has 0 heterocycles. The van der Waals surface area contributed by atoms with Gasteiger partial charge >= 0.3 is 0 Å². The monoisotopic (exact) mass is 264 g/mol. The standard InChI is InChI=1S/C14H20N2O3/c1-9(2)13(15)14(19)16-11(8-17)7-10-3-5-12(18)6-4-10/h3-6,8-9,11,13,18H,7,15H2,1-2H3,(H,16,19). The molecule has 0 aromatic heterocycles. The predicted octanol–water partition coefficient (Wildman–Crippen LogP) is 0.602. The number of hydrogen-bond acceptors (Lipinski definition) is 4. The maximum Gasteiger partial charge on any atom is 0.237 e. The molecular weight excluding hydrogens is 244 g/mol. The molecule has 4 N–H and O–H groups in total. The number of amides is 1. The highest BCUT2D eigenvalue weighted by Gasteiger charge is 2.20. The summed E-state index contributed by atoms with van der Waals surface area (Å²) in [6.45, 7) is 3.69. The molecule has 0 spiro atoms. The van der Waals surface area contributed by atoms with E-state index >= 15 is 0 Å². The largest absolute Gasteiger partial charge is 0.508 e. The molecule has 1 aromatic rings. The van der Waals surface area contributed by atoms with Gasteiger partial charge in [0, 0.05) is 0 Å². The summed E-state index contributed by atoms with van der Waals surface area (Å²) in [5.41, 5.74) is 6.57. The second-order valence-corrected chi connectivity index (χ2v) is 4.89. The first kappa shape index (κ1) is 15.2. The number of aldehydes is 1. The smallest absolute Gasteiger partial charge is 0.237 e. The van der Waals surface area contributed by atoms with Crippen molar-refractivity contribution in [2.75, 3.05) is 0 Å². The Hall–Kier alpha value is -1.88. The highest BCUT2D eigenvalue weighted by molar-refractivity contribution is 5.84. The van der Waals surface area contributed by atoms with Gasteiger partial charge in [0.2, 0.25) is 5.91 Å². The average molecular weight is 264 g/mol. The molecular formula is C14H20N2O3. The van der Waals surface area contributed by atoms with Crippen molar-refractivity contribution in [2.24, 2.45) is 11.7 Å². The van der Waals surface area contributed by atoms with E-state index in [0.29, 0.717) is 12.7 Å². The first-order valence-corrected chi connectivity index (χ1v) is 6.23. The minimum atomic E-state index is -0.623. The number of hydrogen-bond donors (Lipinski definition) is 3. The molecule has 0 saturated carbocycles. The number of carbonyl (C=O) groups excluding carboxylic acids is 2. The van der Waals surface area contributed by atoms with Crippen LogP contribution < -0.4 is 11.1 Å². The zero-order chi connectivity index (χ0) is 14.4. The van der Waals surface area contributed by atoms with Crippen LogP contribution in [-0.4, -0.2) is 29.4 Å². The average Bonchev–Trinajstić information content (AvgIpc) is 2.39. The highest BCUT2D eigenvalue weighted by Crippen LogP contribution is 2.11. The zero-order valence-electron chi connectivity index (χ0n) is 11.2. The lowest BCUT2D eigenvalue weighted by atomic mass is 10.0. The molecule has 0 aliphatic heterocycles. The van der Waals surface area contributed by atoms with Crippen LogP contribution in [0.3, 0.4) is 0 Å². The van der Waals surface area contributed by atoms with Gasteiger partial charge in [0.1, 0.15) is 12.0 Å². The van der Waals surface area contributed by atoms with Crippen LogP contribution >= 0.6 is 0 Å². The molecule has 2 atom stereocenters. The SMILES string of the molecule is CC(C)C(N)C(=O)NC(C=O)Cc1ccc(O)cc1. The number of nitrogens with two attached hydrogens (primary N) is 1. The Morgan fingerprint density at radius 1 is 1.37 bits per heavy atom. The Morgan fingerprint density at radius 3 is 2.42 bits per heavy atom. The number of benzene rings is 1. The molecule has 0 fully saturated rings. The summed E-state index contributed by atoms with van der Waals surface area (Å²) in [5, 5.41) is 11.8. The molecule has 1 amide bonds. The fourth-order valence-electron chi connectivity index (χ4n) is 1.60. The minimum absolute atomic E-state index is 0.0148. The summed E-state index contributed by atoms with van der Waals surface area (Å²) >= 11 is 0. The van der Waals surface area contributed by atoms with Gasteiger partial charge in [-0.3, -0.25) is 4.79 Å². The summed E-state index contributed by atoms with van der Waals surface area (Å²) < 4.78 is 0. The van der Waals surface area contributed by atoms with Crippen molar-refractivity contribution in [3.63, 3.8) is 0 Å². The summed E-state index contributed by atoms with van der Waals surface area (Å²) in [5.74, 6) is -0.149. The number of phenols is 1. The van der Waals surface area contributed by atoms with Crippen molar-refractivity contribution in [1.29, 1.82) is 0 Å². The van der Waals surface area contributed by atoms with Crippen LogP contribution in [0.1, 0.15) is 19.4 Å². The van der Waals surface area contributed by atoms with Crippen LogP contribution in [0.15, 0.2) is 24.3 Å². The van der Waals surface area contributed by atoms with E-state index in [2.05, 4.69) is 5.32 Å². The maximum absolute atomic E-state index is 11.8. The molecule has 2 unspecified atom stereocenters. The lowest BCUT2D eigenvalue weighted by Gasteiger charge is -2.19. The van der Waals surface area contributed by atoms with E-state index < -0.39 is 12.1 Å². The fraction of sp³-hybridized carbons (Fsp3) is 0.429. The first-order chi connectivity index (χ1) is 8.93. The number of phenolic OH excluding ortho intramolecular Hbond substituents is 1. The van der Waals surface area contributed by atoms with Crippen LogP contribution in [0.4, 0.5) is 0 Å². The van der Waals surface area contributed by atoms with E-state index in [0.717, 1.165) is 5.56 Å². The predicted molar refractivity (Wildman–Crippen MR) is 72.6 cm³/mol. The van der Waals surface area contributed by atoms with E-state index in [-0.39, 0.29) is 17.6 Å². The highest BCUT2D eigenvalue weighted by atomic mass is 16.3. The third-order valence-electron chi connectivity index (χ3n) is 2.90. The molecule has 1 rings (SSSR count). The van der Waals surface area contributed by atoms with Crippen molar-refractivity contribution in [3.8, 4) is 5.75 Å². The third-order valence-corrected chi connectivity index (χ3v) is 2.90. The van der Waals surface area contributed by atoms with Gasteiger partial charge in [-0.25, -0.2) is 0 Å². The summed E-state index contributed by atoms with van der Waals surface area (Å²) in [4.78, 5) is 22.8. The first-order valence-electron chi connectivity index (χ1n) is 6.23. The van der Waals surface area contributed by atoms with Crippen molar-refractivity contribution >= 4 is 12.2 Å². The molecule has 104 valence electrons.